The number of rotatable bonds is 6. The first-order valence-corrected chi connectivity index (χ1v) is 13.3. The number of piperidine rings is 2. The minimum Gasteiger partial charge on any atom is -0.356 e. The summed E-state index contributed by atoms with van der Waals surface area (Å²) in [5, 5.41) is 16.4. The molecular formula is C24H27FN4O5S. The van der Waals surface area contributed by atoms with Crippen LogP contribution in [-0.2, 0) is 10.0 Å². The average Bonchev–Trinajstić information content (AvgIpc) is 3.28. The Morgan fingerprint density at radius 2 is 1.77 bits per heavy atom. The summed E-state index contributed by atoms with van der Waals surface area (Å²) >= 11 is 0. The van der Waals surface area contributed by atoms with Gasteiger partial charge in [0.15, 0.2) is 10.5 Å². The fourth-order valence-electron chi connectivity index (χ4n) is 5.28. The van der Waals surface area contributed by atoms with Gasteiger partial charge in [-0.05, 0) is 62.9 Å². The fourth-order valence-corrected chi connectivity index (χ4v) is 6.90. The zero-order valence-electron chi connectivity index (χ0n) is 19.2. The van der Waals surface area contributed by atoms with Crippen molar-refractivity contribution in [3.8, 4) is 0 Å². The zero-order chi connectivity index (χ0) is 24.6. The summed E-state index contributed by atoms with van der Waals surface area (Å²) in [5.41, 5.74) is 0.987. The third-order valence-corrected chi connectivity index (χ3v) is 9.15. The number of para-hydroxylation sites is 1. The molecule has 2 saturated heterocycles. The van der Waals surface area contributed by atoms with E-state index in [4.69, 9.17) is 4.52 Å². The summed E-state index contributed by atoms with van der Waals surface area (Å²) in [6.07, 6.45) is 3.31. The number of nitrogens with zero attached hydrogens (tertiary/aromatic N) is 4. The van der Waals surface area contributed by atoms with Crippen LogP contribution in [0.5, 0.6) is 0 Å². The Morgan fingerprint density at radius 1 is 1.06 bits per heavy atom. The molecule has 9 nitrogen and oxygen atoms in total. The first kappa shape index (κ1) is 23.8. The lowest BCUT2D eigenvalue weighted by Crippen LogP contribution is -2.43. The SMILES string of the molecule is O=[N+]([O-])c1ccccc1S(=O)(=O)N1CCC(CN2CCC(c3noc4cc(F)ccc34)CC2)CC1. The zero-order valence-corrected chi connectivity index (χ0v) is 20.0. The number of sulfonamides is 1. The molecule has 11 heteroatoms. The number of nitro groups is 1. The normalized spacial score (nSPS) is 19.3. The van der Waals surface area contributed by atoms with E-state index in [-0.39, 0.29) is 22.3 Å². The maximum atomic E-state index is 13.4. The van der Waals surface area contributed by atoms with Crippen LogP contribution in [0.2, 0.25) is 0 Å². The van der Waals surface area contributed by atoms with E-state index < -0.39 is 14.9 Å². The van der Waals surface area contributed by atoms with Gasteiger partial charge in [-0.3, -0.25) is 10.1 Å². The van der Waals surface area contributed by atoms with Crippen molar-refractivity contribution in [2.24, 2.45) is 5.92 Å². The van der Waals surface area contributed by atoms with E-state index in [0.29, 0.717) is 24.6 Å². The van der Waals surface area contributed by atoms with Crippen molar-refractivity contribution in [1.82, 2.24) is 14.4 Å². The standard InChI is InChI=1S/C24H27FN4O5S/c25-19-5-6-20-22(15-19)34-26-24(20)18-9-11-27(12-10-18)16-17-7-13-28(14-8-17)35(32,33)23-4-2-1-3-21(23)29(30)31/h1-6,15,17-18H,7-14,16H2. The Morgan fingerprint density at radius 3 is 2.49 bits per heavy atom. The lowest BCUT2D eigenvalue weighted by molar-refractivity contribution is -0.387. The molecule has 2 aromatic carbocycles. The molecule has 3 aromatic rings. The minimum atomic E-state index is -3.91. The maximum absolute atomic E-state index is 13.4. The largest absolute Gasteiger partial charge is 0.356 e. The Kier molecular flexibility index (Phi) is 6.56. The molecule has 186 valence electrons. The minimum absolute atomic E-state index is 0.242. The van der Waals surface area contributed by atoms with E-state index in [2.05, 4.69) is 10.1 Å². The highest BCUT2D eigenvalue weighted by Gasteiger charge is 2.35. The van der Waals surface area contributed by atoms with Gasteiger partial charge in [-0.1, -0.05) is 17.3 Å². The van der Waals surface area contributed by atoms with E-state index in [9.17, 15) is 22.9 Å². The molecule has 2 aliphatic heterocycles. The topological polar surface area (TPSA) is 110 Å². The van der Waals surface area contributed by atoms with Crippen LogP contribution in [0.4, 0.5) is 10.1 Å². The number of benzene rings is 2. The Hall–Kier alpha value is -2.89. The molecule has 2 fully saturated rings. The van der Waals surface area contributed by atoms with Crippen LogP contribution in [-0.4, -0.2) is 60.4 Å². The predicted molar refractivity (Wildman–Crippen MR) is 127 cm³/mol. The highest BCUT2D eigenvalue weighted by Crippen LogP contribution is 2.34. The van der Waals surface area contributed by atoms with Gasteiger partial charge in [0.25, 0.3) is 5.69 Å². The van der Waals surface area contributed by atoms with Crippen LogP contribution < -0.4 is 0 Å². The molecule has 5 rings (SSSR count). The van der Waals surface area contributed by atoms with E-state index in [1.54, 1.807) is 6.07 Å². The molecule has 2 aliphatic rings. The molecule has 0 saturated carbocycles. The summed E-state index contributed by atoms with van der Waals surface area (Å²) in [6.45, 7) is 3.44. The van der Waals surface area contributed by atoms with E-state index in [1.165, 1.54) is 40.7 Å². The Labute approximate surface area is 202 Å². The molecule has 1 aromatic heterocycles. The lowest BCUT2D eigenvalue weighted by atomic mass is 9.90. The van der Waals surface area contributed by atoms with Gasteiger partial charge >= 0.3 is 0 Å². The fraction of sp³-hybridized carbons (Fsp3) is 0.458. The first-order chi connectivity index (χ1) is 16.8. The lowest BCUT2D eigenvalue weighted by Gasteiger charge is -2.37. The number of fused-ring (bicyclic) bond motifs is 1. The summed E-state index contributed by atoms with van der Waals surface area (Å²) in [4.78, 5) is 12.8. The van der Waals surface area contributed by atoms with Crippen molar-refractivity contribution in [2.45, 2.75) is 36.5 Å². The van der Waals surface area contributed by atoms with Crippen molar-refractivity contribution in [3.05, 3.63) is 64.1 Å². The van der Waals surface area contributed by atoms with Crippen molar-refractivity contribution in [1.29, 1.82) is 0 Å². The predicted octanol–water partition coefficient (Wildman–Crippen LogP) is 4.16. The van der Waals surface area contributed by atoms with Crippen LogP contribution in [0.1, 0.15) is 37.3 Å². The molecule has 3 heterocycles. The summed E-state index contributed by atoms with van der Waals surface area (Å²) in [6, 6.07) is 10.0. The smallest absolute Gasteiger partial charge is 0.289 e. The monoisotopic (exact) mass is 502 g/mol. The molecule has 0 amide bonds. The maximum Gasteiger partial charge on any atom is 0.289 e. The van der Waals surface area contributed by atoms with Crippen LogP contribution in [0, 0.1) is 21.8 Å². The molecule has 0 radical (unpaired) electrons. The second-order valence-corrected chi connectivity index (χ2v) is 11.3. The van der Waals surface area contributed by atoms with Crippen molar-refractivity contribution < 1.29 is 22.3 Å². The van der Waals surface area contributed by atoms with Gasteiger partial charge < -0.3 is 9.42 Å². The highest BCUT2D eigenvalue weighted by molar-refractivity contribution is 7.89. The number of nitro benzene ring substituents is 1. The molecule has 0 spiro atoms. The molecule has 0 unspecified atom stereocenters. The molecule has 0 bridgehead atoms. The molecule has 0 aliphatic carbocycles. The average molecular weight is 503 g/mol. The van der Waals surface area contributed by atoms with Gasteiger partial charge in [-0.2, -0.15) is 4.31 Å². The van der Waals surface area contributed by atoms with Gasteiger partial charge in [-0.15, -0.1) is 0 Å². The number of aromatic nitrogens is 1. The summed E-state index contributed by atoms with van der Waals surface area (Å²) < 4.78 is 46.2. The second-order valence-electron chi connectivity index (χ2n) is 9.36. The third-order valence-electron chi connectivity index (χ3n) is 7.21. The van der Waals surface area contributed by atoms with E-state index in [1.807, 2.05) is 0 Å². The molecule has 0 N–H and O–H groups in total. The molecule has 0 atom stereocenters. The van der Waals surface area contributed by atoms with Gasteiger partial charge in [0.05, 0.1) is 10.6 Å². The summed E-state index contributed by atoms with van der Waals surface area (Å²) in [5.74, 6) is 0.307. The second kappa shape index (κ2) is 9.63. The number of likely N-dealkylation sites (tertiary alicyclic amines) is 1. The van der Waals surface area contributed by atoms with Crippen molar-refractivity contribution >= 4 is 26.7 Å². The van der Waals surface area contributed by atoms with Crippen LogP contribution in [0.3, 0.4) is 0 Å². The van der Waals surface area contributed by atoms with Crippen LogP contribution in [0.25, 0.3) is 11.0 Å². The molecular weight excluding hydrogens is 475 g/mol. The highest BCUT2D eigenvalue weighted by atomic mass is 32.2. The van der Waals surface area contributed by atoms with Gasteiger partial charge in [-0.25, -0.2) is 12.8 Å². The van der Waals surface area contributed by atoms with Crippen molar-refractivity contribution in [2.75, 3.05) is 32.7 Å². The Balaban J connectivity index is 1.15. The number of halogens is 1. The molecule has 35 heavy (non-hydrogen) atoms. The van der Waals surface area contributed by atoms with Crippen LogP contribution in [0.15, 0.2) is 51.9 Å². The van der Waals surface area contributed by atoms with E-state index >= 15 is 0 Å². The van der Waals surface area contributed by atoms with E-state index in [0.717, 1.165) is 56.4 Å². The third kappa shape index (κ3) is 4.80. The van der Waals surface area contributed by atoms with Gasteiger partial charge in [0.2, 0.25) is 10.0 Å². The summed E-state index contributed by atoms with van der Waals surface area (Å²) in [7, 11) is -3.91. The number of hydrogen-bond donors (Lipinski definition) is 0. The van der Waals surface area contributed by atoms with Gasteiger partial charge in [0, 0.05) is 43.1 Å². The Bertz CT molecular complexity index is 1330. The van der Waals surface area contributed by atoms with Crippen molar-refractivity contribution in [3.63, 3.8) is 0 Å². The quantitative estimate of drug-likeness (QED) is 0.368. The number of hydrogen-bond acceptors (Lipinski definition) is 7. The van der Waals surface area contributed by atoms with Gasteiger partial charge in [0.1, 0.15) is 5.82 Å². The first-order valence-electron chi connectivity index (χ1n) is 11.8. The van der Waals surface area contributed by atoms with Crippen LogP contribution >= 0.6 is 0 Å².